The largest absolute Gasteiger partial charge is 0.355 e. The minimum absolute atomic E-state index is 0. The zero-order valence-corrected chi connectivity index (χ0v) is 18.0. The van der Waals surface area contributed by atoms with Crippen LogP contribution in [0.5, 0.6) is 0 Å². The van der Waals surface area contributed by atoms with Crippen LogP contribution in [0.1, 0.15) is 41.0 Å². The Morgan fingerprint density at radius 1 is 1.33 bits per heavy atom. The second-order valence-corrected chi connectivity index (χ2v) is 6.78. The van der Waals surface area contributed by atoms with Gasteiger partial charge >= 0.3 is 0 Å². The van der Waals surface area contributed by atoms with E-state index >= 15 is 0 Å². The highest BCUT2D eigenvalue weighted by Gasteiger charge is 2.40. The molecule has 1 rings (SSSR count). The summed E-state index contributed by atoms with van der Waals surface area (Å²) in [5.74, 6) is 0.593. The topological polar surface area (TPSA) is 77.0 Å². The number of guanidine groups is 1. The molecule has 0 radical (unpaired) electrons. The van der Waals surface area contributed by atoms with Crippen molar-refractivity contribution in [3.05, 3.63) is 0 Å². The summed E-state index contributed by atoms with van der Waals surface area (Å²) in [6.45, 7) is 11.9. The lowest BCUT2D eigenvalue weighted by molar-refractivity contribution is -0.145. The number of carbonyl (C=O) groups excluding carboxylic acids is 2. The van der Waals surface area contributed by atoms with Gasteiger partial charge in [0.15, 0.2) is 5.96 Å². The third-order valence-electron chi connectivity index (χ3n) is 3.83. The van der Waals surface area contributed by atoms with Gasteiger partial charge in [-0.1, -0.05) is 6.92 Å². The molecule has 2 N–H and O–H groups in total. The molecule has 0 aromatic carbocycles. The van der Waals surface area contributed by atoms with E-state index in [-0.39, 0.29) is 60.5 Å². The van der Waals surface area contributed by atoms with Crippen molar-refractivity contribution in [2.24, 2.45) is 4.99 Å². The van der Waals surface area contributed by atoms with Gasteiger partial charge in [0.25, 0.3) is 0 Å². The summed E-state index contributed by atoms with van der Waals surface area (Å²) < 4.78 is 0. The number of carbonyl (C=O) groups is 2. The van der Waals surface area contributed by atoms with E-state index in [4.69, 9.17) is 0 Å². The number of amides is 2. The molecule has 0 aliphatic carbocycles. The van der Waals surface area contributed by atoms with Gasteiger partial charge in [0.1, 0.15) is 0 Å². The normalized spacial score (nSPS) is 17.6. The number of nitrogens with zero attached hydrogens (tertiary/aromatic N) is 3. The standard InChI is InChI=1S/C16H31N5O2.HI/c1-7-8-18-13(22)9-19-15(17-6)20-10-14(23)21(12(2)3)16(4,5)11-20;/h12H,7-11H2,1-6H3,(H,17,19)(H,18,22);1H. The maximum absolute atomic E-state index is 12.5. The Kier molecular flexibility index (Phi) is 9.61. The fourth-order valence-electron chi connectivity index (χ4n) is 3.13. The zero-order chi connectivity index (χ0) is 17.6. The highest BCUT2D eigenvalue weighted by atomic mass is 127. The number of hydrogen-bond acceptors (Lipinski definition) is 3. The van der Waals surface area contributed by atoms with Gasteiger partial charge in [-0.15, -0.1) is 24.0 Å². The van der Waals surface area contributed by atoms with Crippen molar-refractivity contribution < 1.29 is 9.59 Å². The van der Waals surface area contributed by atoms with E-state index < -0.39 is 0 Å². The second kappa shape index (κ2) is 10.0. The van der Waals surface area contributed by atoms with E-state index in [1.54, 1.807) is 7.05 Å². The summed E-state index contributed by atoms with van der Waals surface area (Å²) >= 11 is 0. The molecule has 1 aliphatic heterocycles. The van der Waals surface area contributed by atoms with Crippen LogP contribution >= 0.6 is 24.0 Å². The average Bonchev–Trinajstić information content (AvgIpc) is 2.43. The van der Waals surface area contributed by atoms with Crippen LogP contribution < -0.4 is 10.6 Å². The van der Waals surface area contributed by atoms with Crippen LogP contribution in [0.15, 0.2) is 4.99 Å². The van der Waals surface area contributed by atoms with Gasteiger partial charge in [0, 0.05) is 26.2 Å². The third-order valence-corrected chi connectivity index (χ3v) is 3.83. The molecule has 7 nitrogen and oxygen atoms in total. The maximum Gasteiger partial charge on any atom is 0.242 e. The Bertz CT molecular complexity index is 465. The molecular weight excluding hydrogens is 421 g/mol. The summed E-state index contributed by atoms with van der Waals surface area (Å²) in [4.78, 5) is 32.2. The Labute approximate surface area is 162 Å². The van der Waals surface area contributed by atoms with E-state index in [9.17, 15) is 9.59 Å². The smallest absolute Gasteiger partial charge is 0.242 e. The highest BCUT2D eigenvalue weighted by molar-refractivity contribution is 14.0. The summed E-state index contributed by atoms with van der Waals surface area (Å²) in [5.41, 5.74) is -0.286. The predicted octanol–water partition coefficient (Wildman–Crippen LogP) is 1.04. The number of rotatable bonds is 5. The number of aliphatic imine (C=N–C) groups is 1. The molecule has 1 aliphatic rings. The number of piperazine rings is 1. The number of nitrogens with one attached hydrogen (secondary N) is 2. The fraction of sp³-hybridized carbons (Fsp3) is 0.812. The van der Waals surface area contributed by atoms with Crippen LogP contribution in [0, 0.1) is 0 Å². The van der Waals surface area contributed by atoms with E-state index in [0.717, 1.165) is 6.42 Å². The Morgan fingerprint density at radius 2 is 1.96 bits per heavy atom. The fourth-order valence-corrected chi connectivity index (χ4v) is 3.13. The van der Waals surface area contributed by atoms with Crippen LogP contribution in [0.3, 0.4) is 0 Å². The van der Waals surface area contributed by atoms with Crippen LogP contribution in [-0.4, -0.2) is 72.4 Å². The van der Waals surface area contributed by atoms with Crippen molar-refractivity contribution in [3.63, 3.8) is 0 Å². The third kappa shape index (κ3) is 6.10. The Balaban J connectivity index is 0.00000529. The molecule has 0 unspecified atom stereocenters. The van der Waals surface area contributed by atoms with Gasteiger partial charge < -0.3 is 20.4 Å². The molecule has 1 saturated heterocycles. The first kappa shape index (κ1) is 22.9. The van der Waals surface area contributed by atoms with Gasteiger partial charge in [-0.2, -0.15) is 0 Å². The summed E-state index contributed by atoms with van der Waals surface area (Å²) in [6.07, 6.45) is 0.903. The number of halogens is 1. The van der Waals surface area contributed by atoms with Crippen molar-refractivity contribution in [2.45, 2.75) is 52.6 Å². The first-order chi connectivity index (χ1) is 10.7. The summed E-state index contributed by atoms with van der Waals surface area (Å²) in [6, 6.07) is 0.162. The van der Waals surface area contributed by atoms with E-state index in [1.165, 1.54) is 0 Å². The Hall–Kier alpha value is -1.06. The van der Waals surface area contributed by atoms with Crippen LogP contribution in [0.4, 0.5) is 0 Å². The average molecular weight is 453 g/mol. The highest BCUT2D eigenvalue weighted by Crippen LogP contribution is 2.24. The van der Waals surface area contributed by atoms with Gasteiger partial charge in [0.05, 0.1) is 18.6 Å². The van der Waals surface area contributed by atoms with Crippen molar-refractivity contribution >= 4 is 41.8 Å². The van der Waals surface area contributed by atoms with E-state index in [2.05, 4.69) is 29.5 Å². The molecule has 0 saturated carbocycles. The van der Waals surface area contributed by atoms with Crippen molar-refractivity contribution in [2.75, 3.05) is 33.2 Å². The van der Waals surface area contributed by atoms with Crippen LogP contribution in [0.25, 0.3) is 0 Å². The van der Waals surface area contributed by atoms with Crippen LogP contribution in [-0.2, 0) is 9.59 Å². The number of hydrogen-bond donors (Lipinski definition) is 2. The Morgan fingerprint density at radius 3 is 2.42 bits per heavy atom. The minimum atomic E-state index is -0.286. The zero-order valence-electron chi connectivity index (χ0n) is 15.7. The molecule has 0 aromatic rings. The second-order valence-electron chi connectivity index (χ2n) is 6.78. The molecule has 0 aromatic heterocycles. The quantitative estimate of drug-likeness (QED) is 0.371. The van der Waals surface area contributed by atoms with E-state index in [0.29, 0.717) is 19.0 Å². The van der Waals surface area contributed by atoms with Gasteiger partial charge in [-0.3, -0.25) is 14.6 Å². The van der Waals surface area contributed by atoms with Gasteiger partial charge in [-0.25, -0.2) is 0 Å². The molecule has 140 valence electrons. The molecule has 1 heterocycles. The first-order valence-electron chi connectivity index (χ1n) is 8.27. The molecule has 0 spiro atoms. The molecule has 0 bridgehead atoms. The predicted molar refractivity (Wildman–Crippen MR) is 108 cm³/mol. The molecule has 2 amide bonds. The molecule has 8 heteroatoms. The molecule has 0 atom stereocenters. The monoisotopic (exact) mass is 453 g/mol. The summed E-state index contributed by atoms with van der Waals surface area (Å²) in [7, 11) is 1.67. The first-order valence-corrected chi connectivity index (χ1v) is 8.27. The lowest BCUT2D eigenvalue weighted by atomic mass is 9.96. The minimum Gasteiger partial charge on any atom is -0.355 e. The van der Waals surface area contributed by atoms with Crippen molar-refractivity contribution in [1.29, 1.82) is 0 Å². The van der Waals surface area contributed by atoms with Crippen molar-refractivity contribution in [3.8, 4) is 0 Å². The van der Waals surface area contributed by atoms with Crippen LogP contribution in [0.2, 0.25) is 0 Å². The lowest BCUT2D eigenvalue weighted by Gasteiger charge is -2.49. The molecule has 1 fully saturated rings. The van der Waals surface area contributed by atoms with Crippen molar-refractivity contribution in [1.82, 2.24) is 20.4 Å². The van der Waals surface area contributed by atoms with E-state index in [1.807, 2.05) is 30.6 Å². The maximum atomic E-state index is 12.5. The molecular formula is C16H32IN5O2. The van der Waals surface area contributed by atoms with Gasteiger partial charge in [-0.05, 0) is 34.1 Å². The van der Waals surface area contributed by atoms with Gasteiger partial charge in [0.2, 0.25) is 11.8 Å². The summed E-state index contributed by atoms with van der Waals surface area (Å²) in [5, 5.41) is 5.85. The molecule has 24 heavy (non-hydrogen) atoms. The lowest BCUT2D eigenvalue weighted by Crippen LogP contribution is -2.66. The SMILES string of the molecule is CCCNC(=O)CNC(=NC)N1CC(=O)N(C(C)C)C(C)(C)C1.I.